The molecule has 0 aliphatic heterocycles. The highest BCUT2D eigenvalue weighted by Gasteiger charge is 2.09. The van der Waals surface area contributed by atoms with Crippen LogP contribution in [-0.4, -0.2) is 18.0 Å². The van der Waals surface area contributed by atoms with Crippen molar-refractivity contribution < 1.29 is 9.53 Å². The van der Waals surface area contributed by atoms with Crippen molar-refractivity contribution in [3.8, 4) is 0 Å². The number of carbonyl (C=O) groups is 1. The van der Waals surface area contributed by atoms with Crippen molar-refractivity contribution >= 4 is 16.8 Å². The second kappa shape index (κ2) is 5.56. The van der Waals surface area contributed by atoms with Gasteiger partial charge in [-0.2, -0.15) is 0 Å². The first-order valence-corrected chi connectivity index (χ1v) is 4.22. The Morgan fingerprint density at radius 3 is 2.36 bits per heavy atom. The van der Waals surface area contributed by atoms with Crippen LogP contribution in [0.25, 0.3) is 0 Å². The molecule has 0 N–H and O–H groups in total. The van der Waals surface area contributed by atoms with E-state index >= 15 is 0 Å². The number of ether oxygens (including phenoxy) is 1. The number of rotatable bonds is 5. The number of carbonyl (C=O) groups excluding carboxylic acids is 1. The molecule has 0 aliphatic carbocycles. The van der Waals surface area contributed by atoms with Crippen LogP contribution >= 0.6 is 11.6 Å². The van der Waals surface area contributed by atoms with Crippen molar-refractivity contribution in [1.82, 2.24) is 0 Å². The molecule has 11 heavy (non-hydrogen) atoms. The number of hydrogen-bond acceptors (Lipinski definition) is 2. The fourth-order valence-corrected chi connectivity index (χ4v) is 0.609. The third-order valence-electron chi connectivity index (χ3n) is 1.38. The molecule has 0 saturated carbocycles. The van der Waals surface area contributed by atoms with E-state index < -0.39 is 11.3 Å². The van der Waals surface area contributed by atoms with Crippen LogP contribution in [0.5, 0.6) is 0 Å². The Morgan fingerprint density at radius 2 is 2.00 bits per heavy atom. The molecule has 2 nitrogen and oxygen atoms in total. The van der Waals surface area contributed by atoms with E-state index in [0.717, 1.165) is 6.42 Å². The van der Waals surface area contributed by atoms with Gasteiger partial charge in [0.25, 0.3) is 0 Å². The van der Waals surface area contributed by atoms with Crippen molar-refractivity contribution in [3.63, 3.8) is 0 Å². The molecule has 0 bridgehead atoms. The average molecular weight is 179 g/mol. The summed E-state index contributed by atoms with van der Waals surface area (Å²) < 4.78 is 5.13. The zero-order valence-electron chi connectivity index (χ0n) is 7.26. The molecular formula is C8H15ClO2. The molecule has 0 saturated heterocycles. The van der Waals surface area contributed by atoms with E-state index in [2.05, 4.69) is 13.8 Å². The van der Waals surface area contributed by atoms with E-state index in [0.29, 0.717) is 12.5 Å². The predicted molar refractivity (Wildman–Crippen MR) is 45.7 cm³/mol. The Balaban J connectivity index is 3.31. The quantitative estimate of drug-likeness (QED) is 0.604. The van der Waals surface area contributed by atoms with Crippen LogP contribution in [-0.2, 0) is 9.53 Å². The summed E-state index contributed by atoms with van der Waals surface area (Å²) >= 11 is 5.18. The summed E-state index contributed by atoms with van der Waals surface area (Å²) in [6.07, 6.45) is 0.504. The smallest absolute Gasteiger partial charge is 0.250 e. The minimum atomic E-state index is -0.463. The lowest BCUT2D eigenvalue weighted by Crippen LogP contribution is -2.16. The topological polar surface area (TPSA) is 26.3 Å². The highest BCUT2D eigenvalue weighted by Crippen LogP contribution is 2.02. The van der Waals surface area contributed by atoms with Crippen molar-refractivity contribution in [2.45, 2.75) is 33.3 Å². The molecule has 0 fully saturated rings. The van der Waals surface area contributed by atoms with E-state index in [1.165, 1.54) is 0 Å². The van der Waals surface area contributed by atoms with E-state index in [9.17, 15) is 4.79 Å². The maximum absolute atomic E-state index is 10.5. The summed E-state index contributed by atoms with van der Waals surface area (Å²) in [6.45, 7) is 6.49. The van der Waals surface area contributed by atoms with Gasteiger partial charge >= 0.3 is 0 Å². The maximum Gasteiger partial charge on any atom is 0.250 e. The Labute approximate surface area is 72.9 Å². The molecule has 0 aromatic rings. The van der Waals surface area contributed by atoms with Crippen LogP contribution in [0.2, 0.25) is 0 Å². The molecule has 0 aliphatic rings. The third kappa shape index (κ3) is 6.32. The normalized spacial score (nSPS) is 13.5. The molecule has 0 aromatic heterocycles. The van der Waals surface area contributed by atoms with Gasteiger partial charge in [-0.05, 0) is 30.9 Å². The lowest BCUT2D eigenvalue weighted by Gasteiger charge is -2.09. The van der Waals surface area contributed by atoms with Gasteiger partial charge in [0, 0.05) is 6.61 Å². The van der Waals surface area contributed by atoms with Gasteiger partial charge in [-0.25, -0.2) is 0 Å². The molecule has 0 heterocycles. The fourth-order valence-electron chi connectivity index (χ4n) is 0.546. The van der Waals surface area contributed by atoms with Crippen LogP contribution in [0.15, 0.2) is 0 Å². The molecule has 3 heteroatoms. The lowest BCUT2D eigenvalue weighted by atomic mass is 10.1. The highest BCUT2D eigenvalue weighted by molar-refractivity contribution is 6.64. The van der Waals surface area contributed by atoms with Gasteiger partial charge in [-0.15, -0.1) is 0 Å². The van der Waals surface area contributed by atoms with E-state index in [1.54, 1.807) is 6.92 Å². The monoisotopic (exact) mass is 178 g/mol. The Hall–Kier alpha value is -0.0800. The first-order chi connectivity index (χ1) is 5.04. The maximum atomic E-state index is 10.5. The van der Waals surface area contributed by atoms with Gasteiger partial charge in [0.05, 0.1) is 0 Å². The minimum Gasteiger partial charge on any atom is -0.369 e. The van der Waals surface area contributed by atoms with Gasteiger partial charge in [-0.3, -0.25) is 4.79 Å². The second-order valence-electron chi connectivity index (χ2n) is 3.00. The molecule has 0 aromatic carbocycles. The summed E-state index contributed by atoms with van der Waals surface area (Å²) in [5.41, 5.74) is 0. The van der Waals surface area contributed by atoms with Crippen molar-refractivity contribution in [2.24, 2.45) is 5.92 Å². The summed E-state index contributed by atoms with van der Waals surface area (Å²) in [7, 11) is 0. The van der Waals surface area contributed by atoms with Gasteiger partial charge in [0.1, 0.15) is 6.10 Å². The van der Waals surface area contributed by atoms with Crippen LogP contribution in [0.4, 0.5) is 0 Å². The molecule has 0 rings (SSSR count). The number of hydrogen-bond donors (Lipinski definition) is 0. The van der Waals surface area contributed by atoms with Crippen LogP contribution in [0.3, 0.4) is 0 Å². The minimum absolute atomic E-state index is 0.422. The lowest BCUT2D eigenvalue weighted by molar-refractivity contribution is -0.121. The third-order valence-corrected chi connectivity index (χ3v) is 1.69. The highest BCUT2D eigenvalue weighted by atomic mass is 35.5. The largest absolute Gasteiger partial charge is 0.369 e. The summed E-state index contributed by atoms with van der Waals surface area (Å²) in [6, 6.07) is 0. The summed E-state index contributed by atoms with van der Waals surface area (Å²) in [4.78, 5) is 10.5. The Morgan fingerprint density at radius 1 is 1.45 bits per heavy atom. The Kier molecular flexibility index (Phi) is 5.51. The second-order valence-corrected chi connectivity index (χ2v) is 3.37. The fraction of sp³-hybridized carbons (Fsp3) is 0.875. The first-order valence-electron chi connectivity index (χ1n) is 3.85. The Bertz CT molecular complexity index is 123. The van der Waals surface area contributed by atoms with Crippen molar-refractivity contribution in [1.29, 1.82) is 0 Å². The zero-order valence-corrected chi connectivity index (χ0v) is 8.02. The first kappa shape index (κ1) is 10.9. The molecular weight excluding hydrogens is 164 g/mol. The summed E-state index contributed by atoms with van der Waals surface area (Å²) in [5.74, 6) is 0.604. The van der Waals surface area contributed by atoms with E-state index in [-0.39, 0.29) is 0 Å². The average Bonchev–Trinajstić information content (AvgIpc) is 1.86. The molecule has 0 amide bonds. The zero-order chi connectivity index (χ0) is 8.85. The molecule has 1 atom stereocenters. The van der Waals surface area contributed by atoms with Crippen molar-refractivity contribution in [3.05, 3.63) is 0 Å². The predicted octanol–water partition coefficient (Wildman–Crippen LogP) is 2.20. The number of halogens is 1. The summed E-state index contributed by atoms with van der Waals surface area (Å²) in [5, 5.41) is -0.422. The standard InChI is InChI=1S/C8H15ClO2/c1-6(2)4-5-11-7(3)8(9)10/h6-7H,4-5H2,1-3H3. The van der Waals surface area contributed by atoms with Gasteiger partial charge in [-0.1, -0.05) is 13.8 Å². The molecule has 1 unspecified atom stereocenters. The van der Waals surface area contributed by atoms with Gasteiger partial charge in [0.15, 0.2) is 0 Å². The van der Waals surface area contributed by atoms with E-state index in [4.69, 9.17) is 16.3 Å². The van der Waals surface area contributed by atoms with Crippen LogP contribution in [0, 0.1) is 5.92 Å². The molecule has 66 valence electrons. The van der Waals surface area contributed by atoms with Gasteiger partial charge < -0.3 is 4.74 Å². The molecule has 0 spiro atoms. The van der Waals surface area contributed by atoms with Gasteiger partial charge in [0.2, 0.25) is 5.24 Å². The van der Waals surface area contributed by atoms with Crippen LogP contribution in [0.1, 0.15) is 27.2 Å². The SMILES string of the molecule is CC(C)CCOC(C)C(=O)Cl. The molecule has 0 radical (unpaired) electrons. The van der Waals surface area contributed by atoms with E-state index in [1.807, 2.05) is 0 Å². The van der Waals surface area contributed by atoms with Crippen molar-refractivity contribution in [2.75, 3.05) is 6.61 Å². The van der Waals surface area contributed by atoms with Crippen LogP contribution < -0.4 is 0 Å².